The van der Waals surface area contributed by atoms with Crippen LogP contribution < -0.4 is 5.32 Å². The van der Waals surface area contributed by atoms with Crippen LogP contribution in [-0.2, 0) is 0 Å². The van der Waals surface area contributed by atoms with Gasteiger partial charge < -0.3 is 5.32 Å². The first kappa shape index (κ1) is 12.7. The van der Waals surface area contributed by atoms with E-state index >= 15 is 0 Å². The van der Waals surface area contributed by atoms with E-state index in [0.717, 1.165) is 6.07 Å². The maximum Gasteiger partial charge on any atom is 0.134 e. The molecule has 1 N–H and O–H groups in total. The molecule has 0 amide bonds. The Labute approximate surface area is 108 Å². The minimum Gasteiger partial charge on any atom is -0.363 e. The van der Waals surface area contributed by atoms with Gasteiger partial charge in [-0.15, -0.1) is 0 Å². The number of nitrogens with one attached hydrogen (secondary N) is 1. The highest BCUT2D eigenvalue weighted by Crippen LogP contribution is 2.21. The van der Waals surface area contributed by atoms with Crippen molar-refractivity contribution in [3.63, 3.8) is 0 Å². The van der Waals surface area contributed by atoms with Crippen LogP contribution in [-0.4, -0.2) is 9.97 Å². The van der Waals surface area contributed by atoms with Gasteiger partial charge in [-0.3, -0.25) is 0 Å². The minimum atomic E-state index is -0.603. The average molecular weight is 270 g/mol. The molecule has 0 saturated heterocycles. The van der Waals surface area contributed by atoms with Gasteiger partial charge in [-0.05, 0) is 13.0 Å². The van der Waals surface area contributed by atoms with Gasteiger partial charge in [0, 0.05) is 17.7 Å². The number of nitrogens with zero attached hydrogens (tertiary/aromatic N) is 2. The molecule has 0 saturated carbocycles. The molecule has 0 spiro atoms. The van der Waals surface area contributed by atoms with Gasteiger partial charge in [-0.2, -0.15) is 0 Å². The van der Waals surface area contributed by atoms with Crippen LogP contribution in [0.3, 0.4) is 0 Å². The molecule has 0 aliphatic carbocycles. The topological polar surface area (TPSA) is 37.8 Å². The Morgan fingerprint density at radius 2 is 2.00 bits per heavy atom. The van der Waals surface area contributed by atoms with Crippen LogP contribution >= 0.6 is 11.6 Å². The highest BCUT2D eigenvalue weighted by Gasteiger charge is 2.12. The lowest BCUT2D eigenvalue weighted by molar-refractivity contribution is 0.566. The van der Waals surface area contributed by atoms with Gasteiger partial charge in [0.1, 0.15) is 28.9 Å². The number of hydrogen-bond acceptors (Lipinski definition) is 3. The predicted molar refractivity (Wildman–Crippen MR) is 65.4 cm³/mol. The average Bonchev–Trinajstić information content (AvgIpc) is 2.28. The fourth-order valence-electron chi connectivity index (χ4n) is 1.56. The molecule has 6 heteroatoms. The molecule has 0 bridgehead atoms. The van der Waals surface area contributed by atoms with Gasteiger partial charge in [-0.1, -0.05) is 17.7 Å². The second kappa shape index (κ2) is 5.27. The highest BCUT2D eigenvalue weighted by atomic mass is 35.5. The molecule has 1 aromatic heterocycles. The van der Waals surface area contributed by atoms with Gasteiger partial charge >= 0.3 is 0 Å². The zero-order valence-electron chi connectivity index (χ0n) is 9.49. The first-order chi connectivity index (χ1) is 8.56. The van der Waals surface area contributed by atoms with Gasteiger partial charge in [0.15, 0.2) is 0 Å². The number of halogens is 3. The number of hydrogen-bond donors (Lipinski definition) is 1. The Kier molecular flexibility index (Phi) is 3.72. The summed E-state index contributed by atoms with van der Waals surface area (Å²) < 4.78 is 26.3. The third-order valence-corrected chi connectivity index (χ3v) is 2.63. The first-order valence-corrected chi connectivity index (χ1v) is 5.63. The van der Waals surface area contributed by atoms with E-state index in [-0.39, 0.29) is 6.04 Å². The summed E-state index contributed by atoms with van der Waals surface area (Å²) in [4.78, 5) is 7.69. The van der Waals surface area contributed by atoms with Crippen LogP contribution in [0.25, 0.3) is 0 Å². The Morgan fingerprint density at radius 3 is 2.67 bits per heavy atom. The predicted octanol–water partition coefficient (Wildman–Crippen LogP) is 3.58. The van der Waals surface area contributed by atoms with Crippen molar-refractivity contribution in [2.24, 2.45) is 0 Å². The molecule has 2 aromatic rings. The zero-order valence-corrected chi connectivity index (χ0v) is 10.2. The summed E-state index contributed by atoms with van der Waals surface area (Å²) in [7, 11) is 0. The summed E-state index contributed by atoms with van der Waals surface area (Å²) in [5.74, 6) is -0.727. The van der Waals surface area contributed by atoms with Crippen molar-refractivity contribution in [1.82, 2.24) is 9.97 Å². The summed E-state index contributed by atoms with van der Waals surface area (Å²) >= 11 is 5.71. The molecule has 0 radical (unpaired) electrons. The van der Waals surface area contributed by atoms with Crippen LogP contribution in [0, 0.1) is 11.6 Å². The molecule has 1 aromatic carbocycles. The van der Waals surface area contributed by atoms with E-state index in [1.165, 1.54) is 24.5 Å². The summed E-state index contributed by atoms with van der Waals surface area (Å²) in [6.07, 6.45) is 1.30. The first-order valence-electron chi connectivity index (χ1n) is 5.25. The monoisotopic (exact) mass is 269 g/mol. The van der Waals surface area contributed by atoms with Gasteiger partial charge in [0.05, 0.1) is 6.04 Å². The maximum absolute atomic E-state index is 13.5. The molecule has 3 nitrogen and oxygen atoms in total. The molecule has 0 unspecified atom stereocenters. The van der Waals surface area contributed by atoms with Crippen molar-refractivity contribution in [2.45, 2.75) is 13.0 Å². The van der Waals surface area contributed by atoms with E-state index in [0.29, 0.717) is 16.5 Å². The molecule has 1 atom stereocenters. The summed E-state index contributed by atoms with van der Waals surface area (Å²) in [6, 6.07) is 4.62. The van der Waals surface area contributed by atoms with Crippen LogP contribution in [0.5, 0.6) is 0 Å². The van der Waals surface area contributed by atoms with Crippen LogP contribution in [0.15, 0.2) is 30.6 Å². The Balaban J connectivity index is 2.19. The lowest BCUT2D eigenvalue weighted by Gasteiger charge is -2.15. The SMILES string of the molecule is C[C@H](Nc1cc(Cl)ncn1)c1ccc(F)cc1F. The summed E-state index contributed by atoms with van der Waals surface area (Å²) in [5, 5.41) is 3.25. The molecular weight excluding hydrogens is 260 g/mol. The van der Waals surface area contributed by atoms with Crippen molar-refractivity contribution in [3.8, 4) is 0 Å². The smallest absolute Gasteiger partial charge is 0.134 e. The van der Waals surface area contributed by atoms with Gasteiger partial charge in [0.2, 0.25) is 0 Å². The van der Waals surface area contributed by atoms with Crippen molar-refractivity contribution in [1.29, 1.82) is 0 Å². The van der Waals surface area contributed by atoms with Gasteiger partial charge in [-0.25, -0.2) is 18.7 Å². The zero-order chi connectivity index (χ0) is 13.1. The van der Waals surface area contributed by atoms with Crippen molar-refractivity contribution in [3.05, 3.63) is 52.9 Å². The lowest BCUT2D eigenvalue weighted by Crippen LogP contribution is -2.10. The number of rotatable bonds is 3. The number of benzene rings is 1. The van der Waals surface area contributed by atoms with Crippen molar-refractivity contribution < 1.29 is 8.78 Å². The number of aromatic nitrogens is 2. The van der Waals surface area contributed by atoms with E-state index in [1.54, 1.807) is 6.92 Å². The largest absolute Gasteiger partial charge is 0.363 e. The van der Waals surface area contributed by atoms with E-state index in [2.05, 4.69) is 15.3 Å². The van der Waals surface area contributed by atoms with Crippen LogP contribution in [0.1, 0.15) is 18.5 Å². The van der Waals surface area contributed by atoms with E-state index in [9.17, 15) is 8.78 Å². The second-order valence-corrected chi connectivity index (χ2v) is 4.15. The van der Waals surface area contributed by atoms with E-state index in [1.807, 2.05) is 0 Å². The van der Waals surface area contributed by atoms with Crippen molar-refractivity contribution >= 4 is 17.4 Å². The fourth-order valence-corrected chi connectivity index (χ4v) is 1.71. The normalized spacial score (nSPS) is 12.2. The number of anilines is 1. The minimum absolute atomic E-state index is 0.291. The van der Waals surface area contributed by atoms with E-state index < -0.39 is 11.6 Å². The second-order valence-electron chi connectivity index (χ2n) is 3.76. The molecule has 0 aliphatic heterocycles. The quantitative estimate of drug-likeness (QED) is 0.866. The van der Waals surface area contributed by atoms with Gasteiger partial charge in [0.25, 0.3) is 0 Å². The Bertz CT molecular complexity index is 563. The van der Waals surface area contributed by atoms with Crippen LogP contribution in [0.4, 0.5) is 14.6 Å². The summed E-state index contributed by atoms with van der Waals surface area (Å²) in [6.45, 7) is 1.74. The Morgan fingerprint density at radius 1 is 1.22 bits per heavy atom. The molecule has 2 rings (SSSR count). The standard InChI is InChI=1S/C12H10ClF2N3/c1-7(9-3-2-8(14)4-10(9)15)18-12-5-11(13)16-6-17-12/h2-7H,1H3,(H,16,17,18)/t7-/m0/s1. The lowest BCUT2D eigenvalue weighted by atomic mass is 10.1. The van der Waals surface area contributed by atoms with E-state index in [4.69, 9.17) is 11.6 Å². The molecule has 1 heterocycles. The third-order valence-electron chi connectivity index (χ3n) is 2.43. The molecule has 94 valence electrons. The van der Waals surface area contributed by atoms with Crippen molar-refractivity contribution in [2.75, 3.05) is 5.32 Å². The fraction of sp³-hybridized carbons (Fsp3) is 0.167. The molecular formula is C12H10ClF2N3. The maximum atomic E-state index is 13.5. The summed E-state index contributed by atoms with van der Waals surface area (Å²) in [5.41, 5.74) is 0.353. The van der Waals surface area contributed by atoms with Crippen LogP contribution in [0.2, 0.25) is 5.15 Å². The molecule has 18 heavy (non-hydrogen) atoms. The third kappa shape index (κ3) is 2.92. The molecule has 0 fully saturated rings. The Hall–Kier alpha value is -1.75. The highest BCUT2D eigenvalue weighted by molar-refractivity contribution is 6.29. The molecule has 0 aliphatic rings.